The van der Waals surface area contributed by atoms with Gasteiger partial charge in [0.25, 0.3) is 5.91 Å². The molecule has 0 saturated heterocycles. The molecule has 1 aromatic heterocycles. The molecule has 1 aliphatic carbocycles. The van der Waals surface area contributed by atoms with Crippen molar-refractivity contribution in [2.45, 2.75) is 25.4 Å². The van der Waals surface area contributed by atoms with Crippen molar-refractivity contribution in [3.63, 3.8) is 0 Å². The van der Waals surface area contributed by atoms with Crippen molar-refractivity contribution in [3.05, 3.63) is 59.7 Å². The van der Waals surface area contributed by atoms with Crippen molar-refractivity contribution in [1.82, 2.24) is 10.3 Å². The predicted molar refractivity (Wildman–Crippen MR) is 78.5 cm³/mol. The minimum atomic E-state index is -0.286. The van der Waals surface area contributed by atoms with Crippen LogP contribution in [0.4, 0.5) is 10.1 Å². The van der Waals surface area contributed by atoms with Gasteiger partial charge in [-0.15, -0.1) is 0 Å². The van der Waals surface area contributed by atoms with Crippen molar-refractivity contribution < 1.29 is 9.18 Å². The zero-order valence-electron chi connectivity index (χ0n) is 11.5. The summed E-state index contributed by atoms with van der Waals surface area (Å²) >= 11 is 0. The number of benzene rings is 1. The van der Waals surface area contributed by atoms with Crippen LogP contribution >= 0.6 is 0 Å². The normalized spacial score (nSPS) is 13.8. The molecule has 0 radical (unpaired) electrons. The lowest BCUT2D eigenvalue weighted by Crippen LogP contribution is -2.23. The molecule has 1 fully saturated rings. The summed E-state index contributed by atoms with van der Waals surface area (Å²) in [6, 6.07) is 10.2. The fraction of sp³-hybridized carbons (Fsp3) is 0.250. The molecule has 0 atom stereocenters. The van der Waals surface area contributed by atoms with Gasteiger partial charge in [-0.1, -0.05) is 12.1 Å². The van der Waals surface area contributed by atoms with E-state index in [1.807, 2.05) is 6.07 Å². The molecule has 0 unspecified atom stereocenters. The number of hydrogen-bond donors (Lipinski definition) is 2. The molecule has 108 valence electrons. The first kappa shape index (κ1) is 13.5. The Labute approximate surface area is 122 Å². The number of nitrogens with one attached hydrogen (secondary N) is 2. The van der Waals surface area contributed by atoms with Crippen LogP contribution in [0.2, 0.25) is 0 Å². The molecule has 21 heavy (non-hydrogen) atoms. The van der Waals surface area contributed by atoms with E-state index >= 15 is 0 Å². The van der Waals surface area contributed by atoms with Gasteiger partial charge < -0.3 is 10.6 Å². The van der Waals surface area contributed by atoms with Gasteiger partial charge >= 0.3 is 0 Å². The lowest BCUT2D eigenvalue weighted by atomic mass is 10.2. The maximum absolute atomic E-state index is 12.8. The highest BCUT2D eigenvalue weighted by molar-refractivity contribution is 5.93. The number of amides is 1. The molecule has 3 rings (SSSR count). The first-order chi connectivity index (χ1) is 10.2. The summed E-state index contributed by atoms with van der Waals surface area (Å²) in [4.78, 5) is 16.1. The summed E-state index contributed by atoms with van der Waals surface area (Å²) in [6.07, 6.45) is 3.97. The number of halogens is 1. The monoisotopic (exact) mass is 285 g/mol. The van der Waals surface area contributed by atoms with E-state index in [1.54, 1.807) is 24.4 Å². The zero-order valence-corrected chi connectivity index (χ0v) is 11.5. The fourth-order valence-electron chi connectivity index (χ4n) is 1.98. The molecule has 0 aliphatic heterocycles. The van der Waals surface area contributed by atoms with Crippen molar-refractivity contribution in [3.8, 4) is 0 Å². The van der Waals surface area contributed by atoms with Crippen LogP contribution in [-0.2, 0) is 6.54 Å². The number of aromatic nitrogens is 1. The van der Waals surface area contributed by atoms with E-state index in [0.29, 0.717) is 18.3 Å². The van der Waals surface area contributed by atoms with Crippen LogP contribution in [0.1, 0.15) is 28.9 Å². The number of nitrogens with zero attached hydrogens (tertiary/aromatic N) is 1. The SMILES string of the molecule is O=C(NCc1ccc(F)cc1)c1cc(NC2CC2)ccn1. The fourth-order valence-corrected chi connectivity index (χ4v) is 1.98. The van der Waals surface area contributed by atoms with Crippen LogP contribution in [-0.4, -0.2) is 16.9 Å². The first-order valence-corrected chi connectivity index (χ1v) is 6.96. The Morgan fingerprint density at radius 3 is 2.71 bits per heavy atom. The van der Waals surface area contributed by atoms with Gasteiger partial charge in [-0.05, 0) is 42.7 Å². The smallest absolute Gasteiger partial charge is 0.270 e. The minimum Gasteiger partial charge on any atom is -0.382 e. The van der Waals surface area contributed by atoms with Gasteiger partial charge in [0, 0.05) is 24.5 Å². The van der Waals surface area contributed by atoms with Gasteiger partial charge in [0.1, 0.15) is 11.5 Å². The van der Waals surface area contributed by atoms with Crippen molar-refractivity contribution >= 4 is 11.6 Å². The van der Waals surface area contributed by atoms with Crippen LogP contribution in [0.5, 0.6) is 0 Å². The lowest BCUT2D eigenvalue weighted by Gasteiger charge is -2.07. The van der Waals surface area contributed by atoms with E-state index in [-0.39, 0.29) is 11.7 Å². The highest BCUT2D eigenvalue weighted by Gasteiger charge is 2.21. The maximum Gasteiger partial charge on any atom is 0.270 e. The zero-order chi connectivity index (χ0) is 14.7. The third-order valence-corrected chi connectivity index (χ3v) is 3.31. The number of anilines is 1. The summed E-state index contributed by atoms with van der Waals surface area (Å²) in [6.45, 7) is 0.348. The van der Waals surface area contributed by atoms with Crippen LogP contribution in [0.3, 0.4) is 0 Å². The van der Waals surface area contributed by atoms with Crippen LogP contribution in [0.15, 0.2) is 42.6 Å². The highest BCUT2D eigenvalue weighted by Crippen LogP contribution is 2.24. The quantitative estimate of drug-likeness (QED) is 0.888. The van der Waals surface area contributed by atoms with E-state index in [1.165, 1.54) is 25.0 Å². The van der Waals surface area contributed by atoms with E-state index < -0.39 is 0 Å². The first-order valence-electron chi connectivity index (χ1n) is 6.96. The van der Waals surface area contributed by atoms with Crippen molar-refractivity contribution in [1.29, 1.82) is 0 Å². The standard InChI is InChI=1S/C16H16FN3O/c17-12-3-1-11(2-4-12)10-19-16(21)15-9-14(7-8-18-15)20-13-5-6-13/h1-4,7-9,13H,5-6,10H2,(H,18,20)(H,19,21). The Hall–Kier alpha value is -2.43. The number of rotatable bonds is 5. The topological polar surface area (TPSA) is 54.0 Å². The van der Waals surface area contributed by atoms with Crippen molar-refractivity contribution in [2.75, 3.05) is 5.32 Å². The maximum atomic E-state index is 12.8. The molecule has 1 aromatic carbocycles. The van der Waals surface area contributed by atoms with Gasteiger partial charge in [0.05, 0.1) is 0 Å². The summed E-state index contributed by atoms with van der Waals surface area (Å²) in [5.41, 5.74) is 2.14. The lowest BCUT2D eigenvalue weighted by molar-refractivity contribution is 0.0946. The molecule has 1 aliphatic rings. The van der Waals surface area contributed by atoms with Gasteiger partial charge in [-0.2, -0.15) is 0 Å². The number of pyridine rings is 1. The minimum absolute atomic E-state index is 0.237. The van der Waals surface area contributed by atoms with Crippen LogP contribution in [0.25, 0.3) is 0 Å². The molecule has 0 bridgehead atoms. The largest absolute Gasteiger partial charge is 0.382 e. The number of carbonyl (C=O) groups excluding carboxylic acids is 1. The Kier molecular flexibility index (Phi) is 3.81. The highest BCUT2D eigenvalue weighted by atomic mass is 19.1. The Balaban J connectivity index is 1.60. The summed E-state index contributed by atoms with van der Waals surface area (Å²) in [5.74, 6) is -0.524. The molecule has 4 nitrogen and oxygen atoms in total. The molecule has 0 spiro atoms. The second kappa shape index (κ2) is 5.91. The average Bonchev–Trinajstić information content (AvgIpc) is 3.30. The average molecular weight is 285 g/mol. The third-order valence-electron chi connectivity index (χ3n) is 3.31. The van der Waals surface area contributed by atoms with Gasteiger partial charge in [-0.3, -0.25) is 9.78 Å². The van der Waals surface area contributed by atoms with Gasteiger partial charge in [0.15, 0.2) is 0 Å². The Morgan fingerprint density at radius 1 is 1.24 bits per heavy atom. The van der Waals surface area contributed by atoms with Gasteiger partial charge in [-0.25, -0.2) is 4.39 Å². The molecule has 1 heterocycles. The van der Waals surface area contributed by atoms with E-state index in [4.69, 9.17) is 0 Å². The van der Waals surface area contributed by atoms with Crippen LogP contribution < -0.4 is 10.6 Å². The molecule has 2 aromatic rings. The second-order valence-corrected chi connectivity index (χ2v) is 5.16. The summed E-state index contributed by atoms with van der Waals surface area (Å²) in [7, 11) is 0. The van der Waals surface area contributed by atoms with E-state index in [9.17, 15) is 9.18 Å². The van der Waals surface area contributed by atoms with Gasteiger partial charge in [0.2, 0.25) is 0 Å². The van der Waals surface area contributed by atoms with E-state index in [0.717, 1.165) is 11.3 Å². The molecular weight excluding hydrogens is 269 g/mol. The van der Waals surface area contributed by atoms with Crippen LogP contribution in [0, 0.1) is 5.82 Å². The Bertz CT molecular complexity index is 638. The van der Waals surface area contributed by atoms with Crippen molar-refractivity contribution in [2.24, 2.45) is 0 Å². The molecule has 1 saturated carbocycles. The summed E-state index contributed by atoms with van der Waals surface area (Å²) < 4.78 is 12.8. The predicted octanol–water partition coefficient (Wildman–Crippen LogP) is 2.73. The summed E-state index contributed by atoms with van der Waals surface area (Å²) in [5, 5.41) is 6.11. The Morgan fingerprint density at radius 2 is 2.00 bits per heavy atom. The molecule has 1 amide bonds. The molecule has 2 N–H and O–H groups in total. The number of hydrogen-bond acceptors (Lipinski definition) is 3. The molecule has 5 heteroatoms. The third kappa shape index (κ3) is 3.78. The second-order valence-electron chi connectivity index (χ2n) is 5.16. The molecular formula is C16H16FN3O. The van der Waals surface area contributed by atoms with E-state index in [2.05, 4.69) is 15.6 Å². The number of carbonyl (C=O) groups is 1.